The average Bonchev–Trinajstić information content (AvgIpc) is 3.08. The van der Waals surface area contributed by atoms with Crippen LogP contribution >= 0.6 is 11.3 Å². The van der Waals surface area contributed by atoms with Gasteiger partial charge in [0.25, 0.3) is 10.0 Å². The van der Waals surface area contributed by atoms with Gasteiger partial charge in [0.15, 0.2) is 0 Å². The molecule has 1 atom stereocenters. The Hall–Kier alpha value is -1.70. The van der Waals surface area contributed by atoms with Gasteiger partial charge >= 0.3 is 0 Å². The molecule has 0 unspecified atom stereocenters. The summed E-state index contributed by atoms with van der Waals surface area (Å²) in [5, 5.41) is 4.29. The molecule has 0 aliphatic carbocycles. The lowest BCUT2D eigenvalue weighted by Crippen LogP contribution is -2.51. The van der Waals surface area contributed by atoms with Crippen LogP contribution in [-0.4, -0.2) is 31.7 Å². The predicted octanol–water partition coefficient (Wildman–Crippen LogP) is 1.61. The number of sulfonamides is 1. The zero-order valence-electron chi connectivity index (χ0n) is 12.0. The maximum atomic E-state index is 12.8. The molecule has 1 aliphatic rings. The Morgan fingerprint density at radius 2 is 1.95 bits per heavy atom. The number of thiophene rings is 1. The molecule has 22 heavy (non-hydrogen) atoms. The Labute approximate surface area is 133 Å². The molecule has 1 amide bonds. The molecule has 1 N–H and O–H groups in total. The Morgan fingerprint density at radius 3 is 2.59 bits per heavy atom. The van der Waals surface area contributed by atoms with Gasteiger partial charge in [0, 0.05) is 13.6 Å². The maximum Gasteiger partial charge on any atom is 0.253 e. The van der Waals surface area contributed by atoms with Crippen molar-refractivity contribution in [2.24, 2.45) is 0 Å². The Bertz CT molecular complexity index is 785. The summed E-state index contributed by atoms with van der Waals surface area (Å²) in [5.74, 6) is -0.283. The number of likely N-dealkylation sites (N-methyl/N-ethyl adjacent to an activating group) is 1. The number of nitrogens with one attached hydrogen (secondary N) is 1. The number of carbonyl (C=O) groups is 1. The summed E-state index contributed by atoms with van der Waals surface area (Å²) in [7, 11) is -2.15. The van der Waals surface area contributed by atoms with E-state index in [0.717, 1.165) is 22.5 Å². The fraction of sp³-hybridized carbons (Fsp3) is 0.267. The number of hydrogen-bond donors (Lipinski definition) is 1. The van der Waals surface area contributed by atoms with Gasteiger partial charge in [-0.3, -0.25) is 4.79 Å². The lowest BCUT2D eigenvalue weighted by molar-refractivity contribution is -0.124. The fourth-order valence-corrected chi connectivity index (χ4v) is 5.35. The zero-order chi connectivity index (χ0) is 15.7. The molecule has 5 nitrogen and oxygen atoms in total. The number of fused-ring (bicyclic) bond motifs is 1. The van der Waals surface area contributed by atoms with Crippen molar-refractivity contribution in [2.45, 2.75) is 23.2 Å². The van der Waals surface area contributed by atoms with Gasteiger partial charge in [-0.05, 0) is 29.0 Å². The largest absolute Gasteiger partial charge is 0.358 e. The Kier molecular flexibility index (Phi) is 4.03. The van der Waals surface area contributed by atoms with Crippen molar-refractivity contribution in [3.63, 3.8) is 0 Å². The molecular formula is C15H16N2O3S2. The van der Waals surface area contributed by atoms with Crippen molar-refractivity contribution in [3.8, 4) is 0 Å². The summed E-state index contributed by atoms with van der Waals surface area (Å²) in [6, 6.07) is 10.2. The van der Waals surface area contributed by atoms with E-state index in [9.17, 15) is 13.2 Å². The molecule has 0 radical (unpaired) electrons. The fourth-order valence-electron chi connectivity index (χ4n) is 2.67. The quantitative estimate of drug-likeness (QED) is 0.926. The molecule has 0 saturated heterocycles. The van der Waals surface area contributed by atoms with Gasteiger partial charge in [0.1, 0.15) is 10.3 Å². The minimum Gasteiger partial charge on any atom is -0.358 e. The molecule has 1 aromatic heterocycles. The maximum absolute atomic E-state index is 12.8. The highest BCUT2D eigenvalue weighted by Crippen LogP contribution is 2.30. The van der Waals surface area contributed by atoms with Crippen LogP contribution in [0.2, 0.25) is 0 Å². The van der Waals surface area contributed by atoms with Crippen molar-refractivity contribution in [1.82, 2.24) is 9.62 Å². The molecule has 0 fully saturated rings. The van der Waals surface area contributed by atoms with Gasteiger partial charge in [-0.1, -0.05) is 30.3 Å². The number of carbonyl (C=O) groups excluding carboxylic acids is 1. The third kappa shape index (κ3) is 2.55. The molecule has 116 valence electrons. The summed E-state index contributed by atoms with van der Waals surface area (Å²) in [6.07, 6.45) is 0.389. The lowest BCUT2D eigenvalue weighted by Gasteiger charge is -2.34. The number of rotatable bonds is 3. The Balaban J connectivity index is 2.06. The minimum absolute atomic E-state index is 0.217. The predicted molar refractivity (Wildman–Crippen MR) is 85.0 cm³/mol. The summed E-state index contributed by atoms with van der Waals surface area (Å²) in [6.45, 7) is 0.217. The summed E-state index contributed by atoms with van der Waals surface area (Å²) in [5.41, 5.74) is 1.97. The van der Waals surface area contributed by atoms with Gasteiger partial charge in [0.2, 0.25) is 5.91 Å². The first-order chi connectivity index (χ1) is 10.5. The second-order valence-electron chi connectivity index (χ2n) is 5.09. The Morgan fingerprint density at radius 1 is 1.23 bits per heavy atom. The average molecular weight is 336 g/mol. The first kappa shape index (κ1) is 15.2. The molecule has 0 spiro atoms. The summed E-state index contributed by atoms with van der Waals surface area (Å²) in [4.78, 5) is 12.2. The van der Waals surface area contributed by atoms with Gasteiger partial charge in [-0.25, -0.2) is 8.42 Å². The molecule has 2 aromatic rings. The van der Waals surface area contributed by atoms with Crippen LogP contribution in [0.25, 0.3) is 0 Å². The molecule has 0 saturated carbocycles. The van der Waals surface area contributed by atoms with E-state index in [1.54, 1.807) is 17.5 Å². The van der Waals surface area contributed by atoms with E-state index in [2.05, 4.69) is 5.32 Å². The molecule has 2 heterocycles. The molecule has 3 rings (SSSR count). The van der Waals surface area contributed by atoms with Crippen LogP contribution in [0.1, 0.15) is 11.1 Å². The topological polar surface area (TPSA) is 66.5 Å². The third-order valence-electron chi connectivity index (χ3n) is 3.81. The number of amides is 1. The standard InChI is InChI=1S/C15H16N2O3S2/c1-16-15(18)13-9-11-5-2-3-6-12(11)10-17(13)22(19,20)14-7-4-8-21-14/h2-8,13H,9-10H2,1H3,(H,16,18)/t13-/m0/s1. The molecular weight excluding hydrogens is 320 g/mol. The summed E-state index contributed by atoms with van der Waals surface area (Å²) >= 11 is 1.16. The first-order valence-electron chi connectivity index (χ1n) is 6.88. The van der Waals surface area contributed by atoms with Crippen molar-refractivity contribution >= 4 is 27.3 Å². The van der Waals surface area contributed by atoms with E-state index in [4.69, 9.17) is 0 Å². The smallest absolute Gasteiger partial charge is 0.253 e. The van der Waals surface area contributed by atoms with Crippen LogP contribution in [0.15, 0.2) is 46.0 Å². The highest BCUT2D eigenvalue weighted by molar-refractivity contribution is 7.91. The normalized spacial score (nSPS) is 18.7. The lowest BCUT2D eigenvalue weighted by atomic mass is 9.95. The zero-order valence-corrected chi connectivity index (χ0v) is 13.7. The van der Waals surface area contributed by atoms with Crippen molar-refractivity contribution in [3.05, 3.63) is 52.9 Å². The van der Waals surface area contributed by atoms with Crippen LogP contribution in [-0.2, 0) is 27.8 Å². The van der Waals surface area contributed by atoms with E-state index < -0.39 is 16.1 Å². The number of nitrogens with zero attached hydrogens (tertiary/aromatic N) is 1. The molecule has 1 aliphatic heterocycles. The van der Waals surface area contributed by atoms with E-state index >= 15 is 0 Å². The van der Waals surface area contributed by atoms with Crippen LogP contribution < -0.4 is 5.32 Å². The highest BCUT2D eigenvalue weighted by Gasteiger charge is 2.39. The van der Waals surface area contributed by atoms with Crippen molar-refractivity contribution in [2.75, 3.05) is 7.05 Å². The van der Waals surface area contributed by atoms with Gasteiger partial charge in [-0.2, -0.15) is 4.31 Å². The molecule has 7 heteroatoms. The third-order valence-corrected chi connectivity index (χ3v) is 7.04. The molecule has 0 bridgehead atoms. The van der Waals surface area contributed by atoms with E-state index in [1.807, 2.05) is 24.3 Å². The number of hydrogen-bond acceptors (Lipinski definition) is 4. The highest BCUT2D eigenvalue weighted by atomic mass is 32.2. The van der Waals surface area contributed by atoms with Gasteiger partial charge in [-0.15, -0.1) is 11.3 Å². The second kappa shape index (κ2) is 5.83. The second-order valence-corrected chi connectivity index (χ2v) is 8.15. The van der Waals surface area contributed by atoms with Crippen molar-refractivity contribution < 1.29 is 13.2 Å². The minimum atomic E-state index is -3.67. The van der Waals surface area contributed by atoms with Gasteiger partial charge in [0.05, 0.1) is 0 Å². The monoisotopic (exact) mass is 336 g/mol. The first-order valence-corrected chi connectivity index (χ1v) is 9.19. The van der Waals surface area contributed by atoms with Crippen LogP contribution in [0, 0.1) is 0 Å². The van der Waals surface area contributed by atoms with Crippen LogP contribution in [0.5, 0.6) is 0 Å². The van der Waals surface area contributed by atoms with Crippen LogP contribution in [0.3, 0.4) is 0 Å². The van der Waals surface area contributed by atoms with Gasteiger partial charge < -0.3 is 5.32 Å². The van der Waals surface area contributed by atoms with E-state index in [-0.39, 0.29) is 16.7 Å². The van der Waals surface area contributed by atoms with E-state index in [1.165, 1.54) is 11.4 Å². The SMILES string of the molecule is CNC(=O)[C@@H]1Cc2ccccc2CN1S(=O)(=O)c1cccs1. The van der Waals surface area contributed by atoms with Crippen molar-refractivity contribution in [1.29, 1.82) is 0 Å². The number of benzene rings is 1. The van der Waals surface area contributed by atoms with E-state index in [0.29, 0.717) is 6.42 Å². The molecule has 1 aromatic carbocycles. The summed E-state index contributed by atoms with van der Waals surface area (Å²) < 4.78 is 27.3. The van der Waals surface area contributed by atoms with Crippen LogP contribution in [0.4, 0.5) is 0 Å².